The highest BCUT2D eigenvalue weighted by Crippen LogP contribution is 2.22. The number of aliphatic hydroxyl groups excluding tert-OH is 2. The van der Waals surface area contributed by atoms with Crippen molar-refractivity contribution in [3.8, 4) is 0 Å². The van der Waals surface area contributed by atoms with Crippen molar-refractivity contribution in [3.63, 3.8) is 0 Å². The molecule has 0 saturated carbocycles. The lowest BCUT2D eigenvalue weighted by Gasteiger charge is -2.29. The Morgan fingerprint density at radius 2 is 2.05 bits per heavy atom. The van der Waals surface area contributed by atoms with E-state index in [1.165, 1.54) is 26.0 Å². The number of aliphatic hydroxyl groups is 2. The molecule has 0 saturated heterocycles. The van der Waals surface area contributed by atoms with E-state index in [1.807, 2.05) is 0 Å². The first kappa shape index (κ1) is 17.0. The SMILES string of the molecule is CCCCCCC[C@H](O)[C@H](O)[C@@H]1CC(OC)=CC(=O)O1. The molecule has 0 fully saturated rings. The molecule has 0 radical (unpaired) electrons. The average Bonchev–Trinajstić information content (AvgIpc) is 2.45. The predicted molar refractivity (Wildman–Crippen MR) is 75.0 cm³/mol. The molecule has 20 heavy (non-hydrogen) atoms. The molecule has 0 aliphatic carbocycles. The van der Waals surface area contributed by atoms with Crippen LogP contribution in [0.5, 0.6) is 0 Å². The zero-order valence-electron chi connectivity index (χ0n) is 12.4. The first-order chi connectivity index (χ1) is 9.58. The van der Waals surface area contributed by atoms with Gasteiger partial charge in [0, 0.05) is 6.42 Å². The molecule has 1 aliphatic rings. The standard InChI is InChI=1S/C15H26O5/c1-3-4-5-6-7-8-12(16)15(18)13-9-11(19-2)10-14(17)20-13/h10,12-13,15-16,18H,3-9H2,1-2H3/t12-,13-,15-/m0/s1. The number of hydrogen-bond donors (Lipinski definition) is 2. The fraction of sp³-hybridized carbons (Fsp3) is 0.800. The van der Waals surface area contributed by atoms with Crippen LogP contribution in [0.15, 0.2) is 11.8 Å². The topological polar surface area (TPSA) is 76.0 Å². The third-order valence-corrected chi connectivity index (χ3v) is 3.59. The lowest BCUT2D eigenvalue weighted by Crippen LogP contribution is -2.42. The van der Waals surface area contributed by atoms with Gasteiger partial charge >= 0.3 is 5.97 Å². The quantitative estimate of drug-likeness (QED) is 0.500. The van der Waals surface area contributed by atoms with Crippen LogP contribution in [0.2, 0.25) is 0 Å². The molecule has 0 amide bonds. The Labute approximate surface area is 120 Å². The number of methoxy groups -OCH3 is 1. The molecule has 2 N–H and O–H groups in total. The summed E-state index contributed by atoms with van der Waals surface area (Å²) in [5, 5.41) is 20.0. The van der Waals surface area contributed by atoms with Gasteiger partial charge in [-0.15, -0.1) is 0 Å². The molecule has 5 heteroatoms. The zero-order chi connectivity index (χ0) is 15.0. The van der Waals surface area contributed by atoms with Gasteiger partial charge in [-0.1, -0.05) is 39.0 Å². The highest BCUT2D eigenvalue weighted by atomic mass is 16.6. The van der Waals surface area contributed by atoms with Crippen molar-refractivity contribution >= 4 is 5.97 Å². The van der Waals surface area contributed by atoms with Gasteiger partial charge in [0.2, 0.25) is 0 Å². The molecule has 1 rings (SSSR count). The Hall–Kier alpha value is -1.07. The van der Waals surface area contributed by atoms with Crippen LogP contribution in [0.3, 0.4) is 0 Å². The van der Waals surface area contributed by atoms with Crippen molar-refractivity contribution in [3.05, 3.63) is 11.8 Å². The third-order valence-electron chi connectivity index (χ3n) is 3.59. The predicted octanol–water partition coefficient (Wildman–Crippen LogP) is 1.91. The monoisotopic (exact) mass is 286 g/mol. The van der Waals surface area contributed by atoms with Crippen molar-refractivity contribution in [1.29, 1.82) is 0 Å². The molecule has 1 aliphatic heterocycles. The number of hydrogen-bond acceptors (Lipinski definition) is 5. The fourth-order valence-electron chi connectivity index (χ4n) is 2.32. The molecular formula is C15H26O5. The summed E-state index contributed by atoms with van der Waals surface area (Å²) >= 11 is 0. The zero-order valence-corrected chi connectivity index (χ0v) is 12.4. The molecule has 0 unspecified atom stereocenters. The van der Waals surface area contributed by atoms with Crippen LogP contribution in [0.1, 0.15) is 51.9 Å². The van der Waals surface area contributed by atoms with E-state index < -0.39 is 24.3 Å². The number of carbonyl (C=O) groups excluding carboxylic acids is 1. The van der Waals surface area contributed by atoms with Gasteiger partial charge in [-0.2, -0.15) is 0 Å². The maximum atomic E-state index is 11.3. The Balaban J connectivity index is 2.35. The molecule has 0 spiro atoms. The molecule has 3 atom stereocenters. The number of carbonyl (C=O) groups is 1. The first-order valence-electron chi connectivity index (χ1n) is 7.39. The van der Waals surface area contributed by atoms with Gasteiger partial charge in [0.05, 0.1) is 19.3 Å². The Morgan fingerprint density at radius 1 is 1.35 bits per heavy atom. The molecule has 0 bridgehead atoms. The van der Waals surface area contributed by atoms with Gasteiger partial charge in [0.25, 0.3) is 0 Å². The van der Waals surface area contributed by atoms with E-state index in [-0.39, 0.29) is 0 Å². The van der Waals surface area contributed by atoms with E-state index in [0.29, 0.717) is 18.6 Å². The van der Waals surface area contributed by atoms with E-state index in [0.717, 1.165) is 19.3 Å². The molecule has 0 aromatic carbocycles. The number of unbranched alkanes of at least 4 members (excludes halogenated alkanes) is 4. The summed E-state index contributed by atoms with van der Waals surface area (Å²) in [6.07, 6.45) is 4.85. The number of ether oxygens (including phenoxy) is 2. The van der Waals surface area contributed by atoms with Crippen molar-refractivity contribution in [2.75, 3.05) is 7.11 Å². The summed E-state index contributed by atoms with van der Waals surface area (Å²) < 4.78 is 10.1. The molecule has 116 valence electrons. The first-order valence-corrected chi connectivity index (χ1v) is 7.39. The van der Waals surface area contributed by atoms with E-state index in [9.17, 15) is 15.0 Å². The molecule has 1 heterocycles. The van der Waals surface area contributed by atoms with E-state index in [1.54, 1.807) is 0 Å². The largest absolute Gasteiger partial charge is 0.501 e. The van der Waals surface area contributed by atoms with Gasteiger partial charge in [-0.05, 0) is 6.42 Å². The maximum absolute atomic E-state index is 11.3. The summed E-state index contributed by atoms with van der Waals surface area (Å²) in [5.41, 5.74) is 0. The van der Waals surface area contributed by atoms with Crippen molar-refractivity contribution < 1.29 is 24.5 Å². The summed E-state index contributed by atoms with van der Waals surface area (Å²) in [4.78, 5) is 11.3. The highest BCUT2D eigenvalue weighted by Gasteiger charge is 2.32. The summed E-state index contributed by atoms with van der Waals surface area (Å²) in [6, 6.07) is 0. The second kappa shape index (κ2) is 8.97. The Kier molecular flexibility index (Phi) is 7.62. The number of cyclic esters (lactones) is 1. The van der Waals surface area contributed by atoms with Crippen LogP contribution in [0.25, 0.3) is 0 Å². The van der Waals surface area contributed by atoms with Crippen molar-refractivity contribution in [1.82, 2.24) is 0 Å². The second-order valence-corrected chi connectivity index (χ2v) is 5.26. The van der Waals surface area contributed by atoms with Gasteiger partial charge in [-0.25, -0.2) is 4.79 Å². The van der Waals surface area contributed by atoms with Crippen LogP contribution >= 0.6 is 0 Å². The second-order valence-electron chi connectivity index (χ2n) is 5.26. The minimum atomic E-state index is -1.07. The normalized spacial score (nSPS) is 21.9. The Morgan fingerprint density at radius 3 is 2.70 bits per heavy atom. The minimum absolute atomic E-state index is 0.302. The molecule has 0 aromatic rings. The molecule has 0 aromatic heterocycles. The van der Waals surface area contributed by atoms with Crippen LogP contribution in [0.4, 0.5) is 0 Å². The lowest BCUT2D eigenvalue weighted by atomic mass is 9.98. The van der Waals surface area contributed by atoms with Crippen LogP contribution < -0.4 is 0 Å². The van der Waals surface area contributed by atoms with Crippen LogP contribution in [-0.4, -0.2) is 41.6 Å². The van der Waals surface area contributed by atoms with Crippen molar-refractivity contribution in [2.45, 2.75) is 70.2 Å². The van der Waals surface area contributed by atoms with Crippen LogP contribution in [0, 0.1) is 0 Å². The van der Waals surface area contributed by atoms with E-state index in [4.69, 9.17) is 9.47 Å². The van der Waals surface area contributed by atoms with Crippen LogP contribution in [-0.2, 0) is 14.3 Å². The van der Waals surface area contributed by atoms with E-state index in [2.05, 4.69) is 6.92 Å². The minimum Gasteiger partial charge on any atom is -0.501 e. The highest BCUT2D eigenvalue weighted by molar-refractivity contribution is 5.83. The van der Waals surface area contributed by atoms with Gasteiger partial charge in [-0.3, -0.25) is 0 Å². The molecular weight excluding hydrogens is 260 g/mol. The summed E-state index contributed by atoms with van der Waals surface area (Å²) in [5.74, 6) is -0.0623. The van der Waals surface area contributed by atoms with Gasteiger partial charge in [0.1, 0.15) is 18.0 Å². The Bertz CT molecular complexity index is 326. The van der Waals surface area contributed by atoms with Gasteiger partial charge < -0.3 is 19.7 Å². The molecule has 5 nitrogen and oxygen atoms in total. The number of rotatable bonds is 9. The summed E-state index contributed by atoms with van der Waals surface area (Å²) in [7, 11) is 1.47. The fourth-order valence-corrected chi connectivity index (χ4v) is 2.32. The van der Waals surface area contributed by atoms with E-state index >= 15 is 0 Å². The lowest BCUT2D eigenvalue weighted by molar-refractivity contribution is -0.157. The summed E-state index contributed by atoms with van der Waals surface area (Å²) in [6.45, 7) is 2.15. The maximum Gasteiger partial charge on any atom is 0.334 e. The smallest absolute Gasteiger partial charge is 0.334 e. The van der Waals surface area contributed by atoms with Gasteiger partial charge in [0.15, 0.2) is 0 Å². The number of esters is 1. The van der Waals surface area contributed by atoms with Crippen molar-refractivity contribution in [2.24, 2.45) is 0 Å². The average molecular weight is 286 g/mol. The third kappa shape index (κ3) is 5.51.